The van der Waals surface area contributed by atoms with Crippen molar-refractivity contribution in [1.29, 1.82) is 0 Å². The minimum atomic E-state index is -0.184. The van der Waals surface area contributed by atoms with E-state index in [1.165, 1.54) is 12.8 Å². The Kier molecular flexibility index (Phi) is 4.51. The van der Waals surface area contributed by atoms with Gasteiger partial charge in [-0.1, -0.05) is 0 Å². The van der Waals surface area contributed by atoms with Gasteiger partial charge in [-0.2, -0.15) is 0 Å². The molecule has 0 radical (unpaired) electrons. The zero-order valence-electron chi connectivity index (χ0n) is 10.7. The Bertz CT molecular complexity index is 295. The number of carbonyl (C=O) groups is 1. The number of fused-ring (bicyclic) bond motifs is 2. The Labute approximate surface area is 115 Å². The van der Waals surface area contributed by atoms with E-state index in [0.29, 0.717) is 18.6 Å². The Morgan fingerprint density at radius 2 is 1.78 bits per heavy atom. The van der Waals surface area contributed by atoms with Gasteiger partial charge < -0.3 is 15.3 Å². The van der Waals surface area contributed by atoms with Crippen LogP contribution in [0.15, 0.2) is 0 Å². The summed E-state index contributed by atoms with van der Waals surface area (Å²) in [7, 11) is 0. The van der Waals surface area contributed by atoms with Crippen LogP contribution in [0.5, 0.6) is 0 Å². The molecule has 2 unspecified atom stereocenters. The van der Waals surface area contributed by atoms with Crippen molar-refractivity contribution in [3.8, 4) is 0 Å². The van der Waals surface area contributed by atoms with Crippen molar-refractivity contribution in [2.24, 2.45) is 5.92 Å². The number of halogens is 1. The highest BCUT2D eigenvalue weighted by atomic mass is 35.5. The fraction of sp³-hybridized carbons (Fsp3) is 0.923. The number of carbonyl (C=O) groups excluding carboxylic acids is 1. The van der Waals surface area contributed by atoms with Crippen LogP contribution in [0.3, 0.4) is 0 Å². The molecule has 18 heavy (non-hydrogen) atoms. The summed E-state index contributed by atoms with van der Waals surface area (Å²) in [5, 5.41) is 13.0. The first-order chi connectivity index (χ1) is 8.24. The van der Waals surface area contributed by atoms with E-state index >= 15 is 0 Å². The van der Waals surface area contributed by atoms with Gasteiger partial charge in [-0.15, -0.1) is 12.4 Å². The maximum absolute atomic E-state index is 12.1. The van der Waals surface area contributed by atoms with E-state index in [1.807, 2.05) is 4.90 Å². The van der Waals surface area contributed by atoms with E-state index in [1.54, 1.807) is 0 Å². The first-order valence-corrected chi connectivity index (χ1v) is 6.94. The van der Waals surface area contributed by atoms with Crippen molar-refractivity contribution in [2.45, 2.75) is 56.7 Å². The Morgan fingerprint density at radius 1 is 1.17 bits per heavy atom. The molecule has 104 valence electrons. The van der Waals surface area contributed by atoms with Crippen LogP contribution in [-0.4, -0.2) is 47.2 Å². The second-order valence-corrected chi connectivity index (χ2v) is 5.89. The summed E-state index contributed by atoms with van der Waals surface area (Å²) in [6.07, 6.45) is 6.18. The highest BCUT2D eigenvalue weighted by molar-refractivity contribution is 5.85. The molecule has 1 saturated carbocycles. The van der Waals surface area contributed by atoms with Crippen LogP contribution >= 0.6 is 12.4 Å². The van der Waals surface area contributed by atoms with Gasteiger partial charge in [0.2, 0.25) is 5.91 Å². The molecule has 5 heteroatoms. The van der Waals surface area contributed by atoms with Crippen molar-refractivity contribution in [1.82, 2.24) is 10.2 Å². The molecule has 0 aromatic heterocycles. The van der Waals surface area contributed by atoms with Gasteiger partial charge in [0.25, 0.3) is 0 Å². The molecule has 0 aromatic rings. The predicted octanol–water partition coefficient (Wildman–Crippen LogP) is 0.922. The lowest BCUT2D eigenvalue weighted by molar-refractivity contribution is -0.136. The van der Waals surface area contributed by atoms with Gasteiger partial charge in [0.05, 0.1) is 12.6 Å². The molecule has 0 spiro atoms. The molecule has 4 nitrogen and oxygen atoms in total. The molecular weight excluding hydrogens is 252 g/mol. The van der Waals surface area contributed by atoms with Crippen molar-refractivity contribution in [3.63, 3.8) is 0 Å². The fourth-order valence-electron chi connectivity index (χ4n) is 3.35. The second kappa shape index (κ2) is 5.76. The first kappa shape index (κ1) is 14.1. The Balaban J connectivity index is 0.00000120. The molecule has 0 aromatic carbocycles. The lowest BCUT2D eigenvalue weighted by Gasteiger charge is -2.37. The zero-order chi connectivity index (χ0) is 11.8. The SMILES string of the molecule is Cl.O=C(CNCC1CC1)N1C2CCC1CC(O)C2. The van der Waals surface area contributed by atoms with Gasteiger partial charge in [0.15, 0.2) is 0 Å². The van der Waals surface area contributed by atoms with Gasteiger partial charge >= 0.3 is 0 Å². The van der Waals surface area contributed by atoms with Crippen molar-refractivity contribution in [2.75, 3.05) is 13.1 Å². The van der Waals surface area contributed by atoms with Crippen LogP contribution in [0.25, 0.3) is 0 Å². The first-order valence-electron chi connectivity index (χ1n) is 6.94. The largest absolute Gasteiger partial charge is 0.393 e. The molecule has 3 rings (SSSR count). The fourth-order valence-corrected chi connectivity index (χ4v) is 3.35. The van der Waals surface area contributed by atoms with Gasteiger partial charge in [-0.05, 0) is 51.0 Å². The predicted molar refractivity (Wildman–Crippen MR) is 71.7 cm³/mol. The molecule has 3 fully saturated rings. The minimum Gasteiger partial charge on any atom is -0.393 e. The smallest absolute Gasteiger partial charge is 0.237 e. The molecular formula is C13H23ClN2O2. The van der Waals surface area contributed by atoms with Gasteiger partial charge in [-0.3, -0.25) is 4.79 Å². The van der Waals surface area contributed by atoms with E-state index in [9.17, 15) is 9.90 Å². The Morgan fingerprint density at radius 3 is 2.33 bits per heavy atom. The van der Waals surface area contributed by atoms with Gasteiger partial charge in [-0.25, -0.2) is 0 Å². The van der Waals surface area contributed by atoms with E-state index < -0.39 is 0 Å². The summed E-state index contributed by atoms with van der Waals surface area (Å²) >= 11 is 0. The summed E-state index contributed by atoms with van der Waals surface area (Å²) in [5.41, 5.74) is 0. The number of nitrogens with one attached hydrogen (secondary N) is 1. The average molecular weight is 275 g/mol. The summed E-state index contributed by atoms with van der Waals surface area (Å²) in [6.45, 7) is 1.48. The number of hydrogen-bond donors (Lipinski definition) is 2. The topological polar surface area (TPSA) is 52.6 Å². The summed E-state index contributed by atoms with van der Waals surface area (Å²) in [5.74, 6) is 1.06. The highest BCUT2D eigenvalue weighted by Gasteiger charge is 2.42. The summed E-state index contributed by atoms with van der Waals surface area (Å²) in [6, 6.07) is 0.609. The summed E-state index contributed by atoms with van der Waals surface area (Å²) < 4.78 is 0. The number of aliphatic hydroxyl groups is 1. The molecule has 2 bridgehead atoms. The maximum atomic E-state index is 12.1. The molecule has 1 amide bonds. The quantitative estimate of drug-likeness (QED) is 0.802. The van der Waals surface area contributed by atoms with Crippen molar-refractivity contribution in [3.05, 3.63) is 0 Å². The van der Waals surface area contributed by atoms with Crippen molar-refractivity contribution < 1.29 is 9.90 Å². The van der Waals surface area contributed by atoms with E-state index in [2.05, 4.69) is 5.32 Å². The van der Waals surface area contributed by atoms with Crippen LogP contribution in [0.4, 0.5) is 0 Å². The third-order valence-corrected chi connectivity index (χ3v) is 4.40. The summed E-state index contributed by atoms with van der Waals surface area (Å²) in [4.78, 5) is 14.2. The number of rotatable bonds is 4. The van der Waals surface area contributed by atoms with E-state index in [4.69, 9.17) is 0 Å². The van der Waals surface area contributed by atoms with E-state index in [-0.39, 0.29) is 24.4 Å². The lowest BCUT2D eigenvalue weighted by Crippen LogP contribution is -2.50. The minimum absolute atomic E-state index is 0. The lowest BCUT2D eigenvalue weighted by atomic mass is 10.00. The number of amides is 1. The highest BCUT2D eigenvalue weighted by Crippen LogP contribution is 2.35. The van der Waals surface area contributed by atoms with E-state index in [0.717, 1.165) is 38.1 Å². The molecule has 2 aliphatic heterocycles. The number of hydrogen-bond acceptors (Lipinski definition) is 3. The Hall–Kier alpha value is -0.320. The van der Waals surface area contributed by atoms with Crippen LogP contribution in [0.2, 0.25) is 0 Å². The standard InChI is InChI=1S/C13H22N2O2.ClH/c16-12-5-10-3-4-11(6-12)15(10)13(17)8-14-7-9-1-2-9;/h9-12,14,16H,1-8H2;1H. The average Bonchev–Trinajstić information content (AvgIpc) is 3.05. The third kappa shape index (κ3) is 2.98. The van der Waals surface area contributed by atoms with Crippen molar-refractivity contribution >= 4 is 18.3 Å². The maximum Gasteiger partial charge on any atom is 0.237 e. The normalized spacial score (nSPS) is 34.3. The van der Waals surface area contributed by atoms with Crippen LogP contribution in [0.1, 0.15) is 38.5 Å². The zero-order valence-corrected chi connectivity index (χ0v) is 11.5. The molecule has 2 N–H and O–H groups in total. The van der Waals surface area contributed by atoms with Crippen LogP contribution in [-0.2, 0) is 4.79 Å². The van der Waals surface area contributed by atoms with Gasteiger partial charge in [0.1, 0.15) is 0 Å². The number of nitrogens with zero attached hydrogens (tertiary/aromatic N) is 1. The molecule has 1 aliphatic carbocycles. The number of aliphatic hydroxyl groups excluding tert-OH is 1. The number of piperidine rings is 1. The van der Waals surface area contributed by atoms with Crippen LogP contribution in [0, 0.1) is 5.92 Å². The monoisotopic (exact) mass is 274 g/mol. The van der Waals surface area contributed by atoms with Gasteiger partial charge in [0, 0.05) is 12.1 Å². The molecule has 2 heterocycles. The molecule has 3 aliphatic rings. The van der Waals surface area contributed by atoms with Crippen LogP contribution < -0.4 is 5.32 Å². The molecule has 2 saturated heterocycles. The molecule has 2 atom stereocenters. The second-order valence-electron chi connectivity index (χ2n) is 5.89. The third-order valence-electron chi connectivity index (χ3n) is 4.40.